The van der Waals surface area contributed by atoms with E-state index in [0.29, 0.717) is 39.5 Å². The van der Waals surface area contributed by atoms with Crippen molar-refractivity contribution >= 4 is 22.5 Å². The summed E-state index contributed by atoms with van der Waals surface area (Å²) in [6.07, 6.45) is -0.983. The lowest BCUT2D eigenvalue weighted by Gasteiger charge is -2.15. The van der Waals surface area contributed by atoms with Gasteiger partial charge < -0.3 is 29.3 Å². The zero-order valence-corrected chi connectivity index (χ0v) is 17.4. The van der Waals surface area contributed by atoms with Gasteiger partial charge in [0.2, 0.25) is 5.75 Å². The Labute approximate surface area is 178 Å². The van der Waals surface area contributed by atoms with Crippen molar-refractivity contribution in [3.8, 4) is 23.0 Å². The predicted octanol–water partition coefficient (Wildman–Crippen LogP) is 3.13. The minimum atomic E-state index is -1.10. The molecule has 2 aromatic rings. The number of benzene rings is 2. The van der Waals surface area contributed by atoms with Crippen LogP contribution in [0.1, 0.15) is 17.5 Å². The van der Waals surface area contributed by atoms with Crippen molar-refractivity contribution in [2.24, 2.45) is 5.16 Å². The molecule has 2 aromatic carbocycles. The fourth-order valence-corrected chi connectivity index (χ4v) is 3.66. The molecule has 0 bridgehead atoms. The van der Waals surface area contributed by atoms with Crippen molar-refractivity contribution in [1.29, 1.82) is 0 Å². The van der Waals surface area contributed by atoms with E-state index in [2.05, 4.69) is 5.16 Å². The number of aliphatic hydroxyl groups is 1. The Morgan fingerprint density at radius 2 is 1.58 bits per heavy atom. The molecule has 0 saturated heterocycles. The highest BCUT2D eigenvalue weighted by molar-refractivity contribution is 6.35. The topological polar surface area (TPSA) is 133 Å². The molecule has 10 heteroatoms. The van der Waals surface area contributed by atoms with Gasteiger partial charge in [0, 0.05) is 18.1 Å². The first-order chi connectivity index (χ1) is 14.9. The van der Waals surface area contributed by atoms with Crippen molar-refractivity contribution in [3.63, 3.8) is 0 Å². The molecule has 164 valence electrons. The Bertz CT molecular complexity index is 1050. The molecule has 0 amide bonds. The van der Waals surface area contributed by atoms with Crippen molar-refractivity contribution in [3.05, 3.63) is 51.6 Å². The molecule has 0 heterocycles. The Hall–Kier alpha value is -3.79. The smallest absolute Gasteiger partial charge is 0.311 e. The van der Waals surface area contributed by atoms with Gasteiger partial charge in [0.1, 0.15) is 11.8 Å². The van der Waals surface area contributed by atoms with E-state index < -0.39 is 11.0 Å². The Morgan fingerprint density at radius 3 is 2.06 bits per heavy atom. The molecule has 1 aliphatic rings. The summed E-state index contributed by atoms with van der Waals surface area (Å²) in [5.74, 6) is 1.27. The first kappa shape index (κ1) is 21.9. The van der Waals surface area contributed by atoms with E-state index in [0.717, 1.165) is 0 Å². The second-order valence-electron chi connectivity index (χ2n) is 6.62. The average Bonchev–Trinajstić information content (AvgIpc) is 3.13. The van der Waals surface area contributed by atoms with Gasteiger partial charge >= 0.3 is 5.69 Å². The maximum atomic E-state index is 11.5. The second-order valence-corrected chi connectivity index (χ2v) is 6.62. The first-order valence-corrected chi connectivity index (χ1v) is 9.16. The summed E-state index contributed by atoms with van der Waals surface area (Å²) < 4.78 is 21.2. The SMILES string of the molecule is COc1ccc(C2=C(c3cc(OC)c(OC)c(OC)c3)CC(O)/C2=N\O)cc1[N+](=O)[O-]. The van der Waals surface area contributed by atoms with Crippen LogP contribution in [0, 0.1) is 10.1 Å². The molecule has 0 aliphatic heterocycles. The average molecular weight is 430 g/mol. The number of aliphatic hydroxyl groups excluding tert-OH is 1. The minimum absolute atomic E-state index is 0.00298. The van der Waals surface area contributed by atoms with Crippen molar-refractivity contribution in [1.82, 2.24) is 0 Å². The van der Waals surface area contributed by atoms with E-state index in [1.165, 1.54) is 40.6 Å². The zero-order valence-electron chi connectivity index (χ0n) is 17.4. The summed E-state index contributed by atoms with van der Waals surface area (Å²) >= 11 is 0. The van der Waals surface area contributed by atoms with Gasteiger partial charge in [0.15, 0.2) is 17.2 Å². The quantitative estimate of drug-likeness (QED) is 0.389. The van der Waals surface area contributed by atoms with E-state index in [1.807, 2.05) is 0 Å². The number of oxime groups is 1. The Balaban J connectivity index is 2.30. The maximum Gasteiger partial charge on any atom is 0.311 e. The second kappa shape index (κ2) is 8.92. The standard InChI is InChI=1S/C21H22N2O8/c1-28-16-6-5-11(7-14(16)23(26)27)19-13(10-15(24)20(19)22-25)12-8-17(29-2)21(31-4)18(9-12)30-3/h5-9,15,24-25H,10H2,1-4H3/b22-20+. The number of nitro benzene ring substituents is 1. The van der Waals surface area contributed by atoms with E-state index in [-0.39, 0.29) is 23.6 Å². The van der Waals surface area contributed by atoms with Gasteiger partial charge in [0.25, 0.3) is 0 Å². The van der Waals surface area contributed by atoms with Crippen LogP contribution >= 0.6 is 0 Å². The van der Waals surface area contributed by atoms with Crippen molar-refractivity contribution in [2.45, 2.75) is 12.5 Å². The van der Waals surface area contributed by atoms with Gasteiger partial charge in [-0.1, -0.05) is 11.2 Å². The largest absolute Gasteiger partial charge is 0.493 e. The van der Waals surface area contributed by atoms with Gasteiger partial charge in [0.05, 0.1) is 33.4 Å². The molecule has 0 radical (unpaired) electrons. The van der Waals surface area contributed by atoms with Crippen LogP contribution in [-0.4, -0.2) is 55.5 Å². The van der Waals surface area contributed by atoms with Crippen LogP contribution < -0.4 is 18.9 Å². The summed E-state index contributed by atoms with van der Waals surface area (Å²) in [6.45, 7) is 0. The lowest BCUT2D eigenvalue weighted by atomic mass is 9.95. The molecule has 10 nitrogen and oxygen atoms in total. The van der Waals surface area contributed by atoms with Gasteiger partial charge in [-0.3, -0.25) is 10.1 Å². The summed E-state index contributed by atoms with van der Waals surface area (Å²) in [7, 11) is 5.78. The minimum Gasteiger partial charge on any atom is -0.493 e. The lowest BCUT2D eigenvalue weighted by molar-refractivity contribution is -0.385. The summed E-state index contributed by atoms with van der Waals surface area (Å²) in [4.78, 5) is 10.9. The van der Waals surface area contributed by atoms with E-state index >= 15 is 0 Å². The fraction of sp³-hybridized carbons (Fsp3) is 0.286. The molecular formula is C21H22N2O8. The number of hydrogen-bond donors (Lipinski definition) is 2. The zero-order chi connectivity index (χ0) is 22.7. The molecule has 1 atom stereocenters. The number of ether oxygens (including phenoxy) is 4. The van der Waals surface area contributed by atoms with Crippen molar-refractivity contribution < 1.29 is 34.2 Å². The van der Waals surface area contributed by atoms with Crippen LogP contribution in [-0.2, 0) is 0 Å². The van der Waals surface area contributed by atoms with Gasteiger partial charge in [-0.15, -0.1) is 0 Å². The highest BCUT2D eigenvalue weighted by atomic mass is 16.6. The maximum absolute atomic E-state index is 11.5. The van der Waals surface area contributed by atoms with Crippen LogP contribution in [0.2, 0.25) is 0 Å². The number of hydrogen-bond acceptors (Lipinski definition) is 9. The highest BCUT2D eigenvalue weighted by Gasteiger charge is 2.34. The third-order valence-corrected chi connectivity index (χ3v) is 5.06. The van der Waals surface area contributed by atoms with Gasteiger partial charge in [-0.25, -0.2) is 0 Å². The summed E-state index contributed by atoms with van der Waals surface area (Å²) in [5.41, 5.74) is 1.72. The summed E-state index contributed by atoms with van der Waals surface area (Å²) in [6, 6.07) is 7.76. The molecule has 3 rings (SSSR count). The lowest BCUT2D eigenvalue weighted by Crippen LogP contribution is -2.15. The molecule has 0 saturated carbocycles. The monoisotopic (exact) mass is 430 g/mol. The Kier molecular flexibility index (Phi) is 6.30. The Morgan fingerprint density at radius 1 is 0.968 bits per heavy atom. The third kappa shape index (κ3) is 3.84. The van der Waals surface area contributed by atoms with Crippen LogP contribution in [0.25, 0.3) is 11.1 Å². The number of methoxy groups -OCH3 is 4. The van der Waals surface area contributed by atoms with Crippen molar-refractivity contribution in [2.75, 3.05) is 28.4 Å². The first-order valence-electron chi connectivity index (χ1n) is 9.16. The van der Waals surface area contributed by atoms with Crippen LogP contribution in [0.5, 0.6) is 23.0 Å². The molecule has 0 spiro atoms. The number of rotatable bonds is 7. The molecular weight excluding hydrogens is 408 g/mol. The van der Waals surface area contributed by atoms with Gasteiger partial charge in [-0.2, -0.15) is 0 Å². The fourth-order valence-electron chi connectivity index (χ4n) is 3.66. The molecule has 1 unspecified atom stereocenters. The molecule has 0 aromatic heterocycles. The van der Waals surface area contributed by atoms with Crippen LogP contribution in [0.3, 0.4) is 0 Å². The van der Waals surface area contributed by atoms with E-state index in [4.69, 9.17) is 18.9 Å². The molecule has 31 heavy (non-hydrogen) atoms. The number of nitro groups is 1. The van der Waals surface area contributed by atoms with Crippen LogP contribution in [0.4, 0.5) is 5.69 Å². The highest BCUT2D eigenvalue weighted by Crippen LogP contribution is 2.45. The van der Waals surface area contributed by atoms with E-state index in [1.54, 1.807) is 18.2 Å². The summed E-state index contributed by atoms with van der Waals surface area (Å²) in [5, 5.41) is 34.8. The van der Waals surface area contributed by atoms with E-state index in [9.17, 15) is 20.4 Å². The third-order valence-electron chi connectivity index (χ3n) is 5.06. The molecule has 2 N–H and O–H groups in total. The van der Waals surface area contributed by atoms with Gasteiger partial charge in [-0.05, 0) is 34.9 Å². The number of nitrogens with zero attached hydrogens (tertiary/aromatic N) is 2. The predicted molar refractivity (Wildman–Crippen MR) is 112 cm³/mol. The molecule has 0 fully saturated rings. The molecule has 1 aliphatic carbocycles. The normalized spacial score (nSPS) is 17.1. The van der Waals surface area contributed by atoms with Crippen LogP contribution in [0.15, 0.2) is 35.5 Å².